The highest BCUT2D eigenvalue weighted by atomic mass is 16.5. The summed E-state index contributed by atoms with van der Waals surface area (Å²) in [6, 6.07) is 11.1. The van der Waals surface area contributed by atoms with Gasteiger partial charge in [-0.05, 0) is 49.2 Å². The second-order valence-corrected chi connectivity index (χ2v) is 5.71. The zero-order valence-electron chi connectivity index (χ0n) is 14.3. The number of benzene rings is 1. The number of nitrogens with zero attached hydrogens (tertiary/aromatic N) is 3. The summed E-state index contributed by atoms with van der Waals surface area (Å²) in [6.45, 7) is 2.49. The molecule has 7 heteroatoms. The Hall–Kier alpha value is -3.09. The SMILES string of the molecule is COc1ccc(NC(=O)NCCCc2nnc3ccccn23)cc1C. The highest BCUT2D eigenvalue weighted by Crippen LogP contribution is 2.21. The first-order chi connectivity index (χ1) is 12.2. The number of ether oxygens (including phenoxy) is 1. The van der Waals surface area contributed by atoms with E-state index in [9.17, 15) is 4.79 Å². The fourth-order valence-corrected chi connectivity index (χ4v) is 2.64. The van der Waals surface area contributed by atoms with Gasteiger partial charge in [-0.1, -0.05) is 6.07 Å². The number of urea groups is 1. The third-order valence-electron chi connectivity index (χ3n) is 3.90. The first kappa shape index (κ1) is 16.8. The van der Waals surface area contributed by atoms with Crippen molar-refractivity contribution in [3.05, 3.63) is 54.0 Å². The Morgan fingerprint density at radius 1 is 1.24 bits per heavy atom. The summed E-state index contributed by atoms with van der Waals surface area (Å²) in [5, 5.41) is 14.0. The topological polar surface area (TPSA) is 80.5 Å². The first-order valence-corrected chi connectivity index (χ1v) is 8.15. The monoisotopic (exact) mass is 339 g/mol. The maximum Gasteiger partial charge on any atom is 0.319 e. The van der Waals surface area contributed by atoms with Crippen molar-refractivity contribution in [3.8, 4) is 5.75 Å². The number of carbonyl (C=O) groups excluding carboxylic acids is 1. The molecule has 3 aromatic rings. The lowest BCUT2D eigenvalue weighted by Gasteiger charge is -2.10. The zero-order valence-corrected chi connectivity index (χ0v) is 14.3. The Kier molecular flexibility index (Phi) is 5.13. The van der Waals surface area contributed by atoms with E-state index in [2.05, 4.69) is 20.8 Å². The molecule has 0 saturated heterocycles. The van der Waals surface area contributed by atoms with Crippen LogP contribution in [-0.2, 0) is 6.42 Å². The average molecular weight is 339 g/mol. The predicted octanol–water partition coefficient (Wildman–Crippen LogP) is 2.80. The normalized spacial score (nSPS) is 10.6. The number of rotatable bonds is 6. The van der Waals surface area contributed by atoms with Gasteiger partial charge in [-0.25, -0.2) is 4.79 Å². The van der Waals surface area contributed by atoms with E-state index in [0.29, 0.717) is 6.54 Å². The lowest BCUT2D eigenvalue weighted by atomic mass is 10.2. The number of methoxy groups -OCH3 is 1. The van der Waals surface area contributed by atoms with Crippen LogP contribution in [0.4, 0.5) is 10.5 Å². The summed E-state index contributed by atoms with van der Waals surface area (Å²) in [6.07, 6.45) is 3.47. The molecule has 0 bridgehead atoms. The van der Waals surface area contributed by atoms with Gasteiger partial charge >= 0.3 is 6.03 Å². The summed E-state index contributed by atoms with van der Waals surface area (Å²) >= 11 is 0. The summed E-state index contributed by atoms with van der Waals surface area (Å²) < 4.78 is 7.17. The van der Waals surface area contributed by atoms with Crippen LogP contribution in [0.15, 0.2) is 42.6 Å². The van der Waals surface area contributed by atoms with E-state index in [1.807, 2.05) is 53.9 Å². The summed E-state index contributed by atoms with van der Waals surface area (Å²) in [5.74, 6) is 1.69. The molecule has 2 amide bonds. The number of hydrogen-bond acceptors (Lipinski definition) is 4. The van der Waals surface area contributed by atoms with Crippen LogP contribution in [-0.4, -0.2) is 34.3 Å². The fourth-order valence-electron chi connectivity index (χ4n) is 2.64. The molecule has 25 heavy (non-hydrogen) atoms. The van der Waals surface area contributed by atoms with E-state index in [0.717, 1.165) is 41.3 Å². The minimum Gasteiger partial charge on any atom is -0.496 e. The van der Waals surface area contributed by atoms with Crippen molar-refractivity contribution in [1.82, 2.24) is 19.9 Å². The number of aromatic nitrogens is 3. The molecule has 0 saturated carbocycles. The van der Waals surface area contributed by atoms with Crippen LogP contribution in [0.2, 0.25) is 0 Å². The Bertz CT molecular complexity index is 875. The number of pyridine rings is 1. The molecule has 130 valence electrons. The lowest BCUT2D eigenvalue weighted by molar-refractivity contribution is 0.252. The van der Waals surface area contributed by atoms with E-state index in [1.54, 1.807) is 7.11 Å². The lowest BCUT2D eigenvalue weighted by Crippen LogP contribution is -2.29. The van der Waals surface area contributed by atoms with Crippen LogP contribution in [0.3, 0.4) is 0 Å². The van der Waals surface area contributed by atoms with Gasteiger partial charge in [0.2, 0.25) is 0 Å². The number of fused-ring (bicyclic) bond motifs is 1. The van der Waals surface area contributed by atoms with Gasteiger partial charge in [0.25, 0.3) is 0 Å². The van der Waals surface area contributed by atoms with Gasteiger partial charge in [-0.15, -0.1) is 10.2 Å². The van der Waals surface area contributed by atoms with Crippen molar-refractivity contribution in [2.45, 2.75) is 19.8 Å². The number of hydrogen-bond donors (Lipinski definition) is 2. The summed E-state index contributed by atoms with van der Waals surface area (Å²) in [7, 11) is 1.63. The molecule has 0 spiro atoms. The van der Waals surface area contributed by atoms with Crippen molar-refractivity contribution < 1.29 is 9.53 Å². The molecule has 0 fully saturated rings. The highest BCUT2D eigenvalue weighted by Gasteiger charge is 2.06. The molecule has 0 aliphatic rings. The van der Waals surface area contributed by atoms with Crippen LogP contribution in [0.5, 0.6) is 5.75 Å². The van der Waals surface area contributed by atoms with Crippen molar-refractivity contribution in [2.75, 3.05) is 19.0 Å². The Morgan fingerprint density at radius 2 is 2.12 bits per heavy atom. The minimum absolute atomic E-state index is 0.226. The Balaban J connectivity index is 1.46. The molecule has 1 aromatic carbocycles. The zero-order chi connectivity index (χ0) is 17.6. The van der Waals surface area contributed by atoms with Gasteiger partial charge in [0.15, 0.2) is 5.65 Å². The molecule has 7 nitrogen and oxygen atoms in total. The van der Waals surface area contributed by atoms with E-state index < -0.39 is 0 Å². The molecule has 0 atom stereocenters. The molecule has 0 radical (unpaired) electrons. The molecule has 3 rings (SSSR count). The van der Waals surface area contributed by atoms with Crippen LogP contribution in [0.25, 0.3) is 5.65 Å². The van der Waals surface area contributed by atoms with Crippen LogP contribution in [0, 0.1) is 6.92 Å². The molecule has 2 aromatic heterocycles. The quantitative estimate of drug-likeness (QED) is 0.677. The van der Waals surface area contributed by atoms with Crippen LogP contribution in [0.1, 0.15) is 17.8 Å². The molecular weight excluding hydrogens is 318 g/mol. The number of anilines is 1. The Labute approximate surface area is 146 Å². The first-order valence-electron chi connectivity index (χ1n) is 8.15. The average Bonchev–Trinajstić information content (AvgIpc) is 3.02. The van der Waals surface area contributed by atoms with Crippen molar-refractivity contribution in [3.63, 3.8) is 0 Å². The van der Waals surface area contributed by atoms with Gasteiger partial charge < -0.3 is 15.4 Å². The third-order valence-corrected chi connectivity index (χ3v) is 3.90. The maximum atomic E-state index is 12.0. The van der Waals surface area contributed by atoms with Crippen molar-refractivity contribution in [2.24, 2.45) is 0 Å². The predicted molar refractivity (Wildman–Crippen MR) is 96.1 cm³/mol. The number of nitrogens with one attached hydrogen (secondary N) is 2. The van der Waals surface area contributed by atoms with Gasteiger partial charge in [0.1, 0.15) is 11.6 Å². The van der Waals surface area contributed by atoms with Crippen molar-refractivity contribution >= 4 is 17.4 Å². The molecule has 2 N–H and O–H groups in total. The van der Waals surface area contributed by atoms with Gasteiger partial charge in [-0.3, -0.25) is 4.40 Å². The van der Waals surface area contributed by atoms with Gasteiger partial charge in [-0.2, -0.15) is 0 Å². The minimum atomic E-state index is -0.226. The number of aryl methyl sites for hydroxylation is 2. The van der Waals surface area contributed by atoms with Gasteiger partial charge in [0, 0.05) is 24.8 Å². The second-order valence-electron chi connectivity index (χ2n) is 5.71. The highest BCUT2D eigenvalue weighted by molar-refractivity contribution is 5.89. The molecule has 0 unspecified atom stereocenters. The number of carbonyl (C=O) groups is 1. The van der Waals surface area contributed by atoms with Crippen LogP contribution >= 0.6 is 0 Å². The molecule has 2 heterocycles. The maximum absolute atomic E-state index is 12.0. The van der Waals surface area contributed by atoms with Crippen LogP contribution < -0.4 is 15.4 Å². The summed E-state index contributed by atoms with van der Waals surface area (Å²) in [4.78, 5) is 12.0. The van der Waals surface area contributed by atoms with E-state index in [1.165, 1.54) is 0 Å². The molecule has 0 aliphatic carbocycles. The molecular formula is C18H21N5O2. The molecule has 0 aliphatic heterocycles. The standard InChI is InChI=1S/C18H21N5O2/c1-13-12-14(8-9-15(13)25-2)20-18(24)19-10-5-7-17-22-21-16-6-3-4-11-23(16)17/h3-4,6,8-9,11-12H,5,7,10H2,1-2H3,(H2,19,20,24). The smallest absolute Gasteiger partial charge is 0.319 e. The summed E-state index contributed by atoms with van der Waals surface area (Å²) in [5.41, 5.74) is 2.54. The second kappa shape index (κ2) is 7.65. The van der Waals surface area contributed by atoms with E-state index >= 15 is 0 Å². The fraction of sp³-hybridized carbons (Fsp3) is 0.278. The van der Waals surface area contributed by atoms with Gasteiger partial charge in [0.05, 0.1) is 7.11 Å². The Morgan fingerprint density at radius 3 is 2.92 bits per heavy atom. The number of amides is 2. The van der Waals surface area contributed by atoms with E-state index in [4.69, 9.17) is 4.74 Å². The largest absolute Gasteiger partial charge is 0.496 e. The third kappa shape index (κ3) is 4.06. The van der Waals surface area contributed by atoms with Crippen molar-refractivity contribution in [1.29, 1.82) is 0 Å². The van der Waals surface area contributed by atoms with E-state index in [-0.39, 0.29) is 6.03 Å².